The molecule has 0 N–H and O–H groups in total. The van der Waals surface area contributed by atoms with Gasteiger partial charge >= 0.3 is 0 Å². The molecule has 0 amide bonds. The molecule has 1 aromatic carbocycles. The molecule has 0 saturated heterocycles. The summed E-state index contributed by atoms with van der Waals surface area (Å²) in [4.78, 5) is 0. The van der Waals surface area contributed by atoms with Crippen molar-refractivity contribution in [2.45, 2.75) is 8.56 Å². The minimum atomic E-state index is -0.300. The van der Waals surface area contributed by atoms with Crippen LogP contribution in [-0.2, 0) is 8.56 Å². The summed E-state index contributed by atoms with van der Waals surface area (Å²) >= 11 is 14.0. The molecule has 1 aromatic rings. The highest BCUT2D eigenvalue weighted by molar-refractivity contribution is 9.38. The molecular formula is C9H8Br4. The van der Waals surface area contributed by atoms with Crippen LogP contribution in [0, 0.1) is 0 Å². The summed E-state index contributed by atoms with van der Waals surface area (Å²) in [6.45, 7) is 0. The molecule has 4 heteroatoms. The van der Waals surface area contributed by atoms with Gasteiger partial charge in [0.1, 0.15) is 0 Å². The Kier molecular flexibility index (Phi) is 4.97. The van der Waals surface area contributed by atoms with Crippen molar-refractivity contribution in [1.29, 1.82) is 0 Å². The average Bonchev–Trinajstić information content (AvgIpc) is 2.04. The maximum Gasteiger partial charge on any atom is 0.160 e. The normalized spacial score (nSPS) is 11.7. The van der Waals surface area contributed by atoms with Crippen molar-refractivity contribution in [2.75, 3.05) is 5.33 Å². The van der Waals surface area contributed by atoms with Gasteiger partial charge < -0.3 is 0 Å². The second kappa shape index (κ2) is 5.29. The van der Waals surface area contributed by atoms with Gasteiger partial charge in [-0.2, -0.15) is 0 Å². The van der Waals surface area contributed by atoms with Gasteiger partial charge in [-0.25, -0.2) is 0 Å². The van der Waals surface area contributed by atoms with Gasteiger partial charge in [-0.1, -0.05) is 88.0 Å². The molecule has 0 atom stereocenters. The smallest absolute Gasteiger partial charge is 0.0924 e. The van der Waals surface area contributed by atoms with Crippen LogP contribution in [0.3, 0.4) is 0 Å². The molecule has 0 heterocycles. The fourth-order valence-corrected chi connectivity index (χ4v) is 2.70. The monoisotopic (exact) mass is 432 g/mol. The largest absolute Gasteiger partial charge is 0.160 e. The second-order valence-corrected chi connectivity index (χ2v) is 10.1. The lowest BCUT2D eigenvalue weighted by Crippen LogP contribution is -2.03. The summed E-state index contributed by atoms with van der Waals surface area (Å²) in [6.07, 6.45) is 1.03. The molecule has 0 nitrogen and oxygen atoms in total. The highest BCUT2D eigenvalue weighted by atomic mass is 80.0. The second-order valence-electron chi connectivity index (χ2n) is 2.59. The number of rotatable bonds is 2. The van der Waals surface area contributed by atoms with Crippen LogP contribution < -0.4 is 0 Å². The zero-order chi connectivity index (χ0) is 9.90. The minimum Gasteiger partial charge on any atom is -0.0924 e. The lowest BCUT2D eigenvalue weighted by Gasteiger charge is -2.16. The molecule has 0 aromatic heterocycles. The lowest BCUT2D eigenvalue weighted by atomic mass is 10.1. The molecule has 0 aliphatic heterocycles. The molecule has 0 saturated carbocycles. The first-order chi connectivity index (χ1) is 6.05. The fraction of sp³-hybridized carbons (Fsp3) is 0.333. The van der Waals surface area contributed by atoms with Gasteiger partial charge in [0.2, 0.25) is 0 Å². The highest BCUT2D eigenvalue weighted by Gasteiger charge is 2.23. The first-order valence-electron chi connectivity index (χ1n) is 3.77. The standard InChI is InChI=1S/C9H8Br4/c10-6-5-7-3-1-2-4-8(7)9(11,12)13/h1-4H,5-6H2. The Morgan fingerprint density at radius 3 is 2.23 bits per heavy atom. The molecule has 0 radical (unpaired) electrons. The van der Waals surface area contributed by atoms with E-state index in [2.05, 4.69) is 81.9 Å². The van der Waals surface area contributed by atoms with E-state index in [0.717, 1.165) is 11.8 Å². The number of halogens is 4. The predicted molar refractivity (Wildman–Crippen MR) is 72.4 cm³/mol. The van der Waals surface area contributed by atoms with Crippen LogP contribution in [-0.4, -0.2) is 5.33 Å². The van der Waals surface area contributed by atoms with Gasteiger partial charge in [-0.3, -0.25) is 0 Å². The van der Waals surface area contributed by atoms with E-state index < -0.39 is 0 Å². The van der Waals surface area contributed by atoms with Gasteiger partial charge in [-0.05, 0) is 17.5 Å². The molecule has 0 aliphatic carbocycles. The van der Waals surface area contributed by atoms with Crippen LogP contribution in [0.4, 0.5) is 0 Å². The van der Waals surface area contributed by atoms with Gasteiger partial charge in [-0.15, -0.1) is 0 Å². The zero-order valence-electron chi connectivity index (χ0n) is 6.74. The first-order valence-corrected chi connectivity index (χ1v) is 7.27. The fourth-order valence-electron chi connectivity index (χ4n) is 1.12. The molecule has 0 fully saturated rings. The molecule has 0 aliphatic rings. The molecular weight excluding hydrogens is 428 g/mol. The van der Waals surface area contributed by atoms with E-state index in [0.29, 0.717) is 0 Å². The van der Waals surface area contributed by atoms with E-state index in [-0.39, 0.29) is 2.14 Å². The molecule has 13 heavy (non-hydrogen) atoms. The van der Waals surface area contributed by atoms with Crippen molar-refractivity contribution in [1.82, 2.24) is 0 Å². The average molecular weight is 436 g/mol. The van der Waals surface area contributed by atoms with Crippen molar-refractivity contribution in [3.05, 3.63) is 35.4 Å². The lowest BCUT2D eigenvalue weighted by molar-refractivity contribution is 1.12. The predicted octanol–water partition coefficient (Wildman–Crippen LogP) is 4.92. The van der Waals surface area contributed by atoms with Crippen LogP contribution >= 0.6 is 63.7 Å². The SMILES string of the molecule is BrCCc1ccccc1C(Br)(Br)Br. The Labute approximate surface area is 112 Å². The Morgan fingerprint density at radius 2 is 1.69 bits per heavy atom. The topological polar surface area (TPSA) is 0 Å². The third-order valence-electron chi connectivity index (χ3n) is 1.69. The number of benzene rings is 1. The van der Waals surface area contributed by atoms with E-state index in [9.17, 15) is 0 Å². The summed E-state index contributed by atoms with van der Waals surface area (Å²) in [5.74, 6) is 0. The molecule has 0 spiro atoms. The van der Waals surface area contributed by atoms with Gasteiger partial charge in [0.25, 0.3) is 0 Å². The number of hydrogen-bond acceptors (Lipinski definition) is 0. The van der Waals surface area contributed by atoms with Crippen LogP contribution in [0.2, 0.25) is 0 Å². The van der Waals surface area contributed by atoms with Crippen molar-refractivity contribution < 1.29 is 0 Å². The zero-order valence-corrected chi connectivity index (χ0v) is 13.1. The highest BCUT2D eigenvalue weighted by Crippen LogP contribution is 2.45. The van der Waals surface area contributed by atoms with E-state index >= 15 is 0 Å². The minimum absolute atomic E-state index is 0.300. The Bertz CT molecular complexity index is 277. The molecule has 0 bridgehead atoms. The van der Waals surface area contributed by atoms with Crippen LogP contribution in [0.25, 0.3) is 0 Å². The van der Waals surface area contributed by atoms with Gasteiger partial charge in [0, 0.05) is 5.33 Å². The third-order valence-corrected chi connectivity index (χ3v) is 3.36. The van der Waals surface area contributed by atoms with E-state index in [1.807, 2.05) is 6.07 Å². The van der Waals surface area contributed by atoms with Crippen LogP contribution in [0.1, 0.15) is 11.1 Å². The molecule has 72 valence electrons. The quantitative estimate of drug-likeness (QED) is 0.579. The Morgan fingerprint density at radius 1 is 1.08 bits per heavy atom. The van der Waals surface area contributed by atoms with E-state index in [1.54, 1.807) is 0 Å². The number of hydrogen-bond donors (Lipinski definition) is 0. The number of alkyl halides is 4. The Hall–Kier alpha value is 1.14. The van der Waals surface area contributed by atoms with Crippen molar-refractivity contribution in [2.24, 2.45) is 0 Å². The third kappa shape index (κ3) is 3.65. The van der Waals surface area contributed by atoms with E-state index in [1.165, 1.54) is 11.1 Å². The maximum absolute atomic E-state index is 3.53. The summed E-state index contributed by atoms with van der Waals surface area (Å²) in [5.41, 5.74) is 2.54. The summed E-state index contributed by atoms with van der Waals surface area (Å²) in [6, 6.07) is 8.32. The molecule has 1 rings (SSSR count). The summed E-state index contributed by atoms with van der Waals surface area (Å²) in [5, 5.41) is 0.979. The summed E-state index contributed by atoms with van der Waals surface area (Å²) in [7, 11) is 0. The van der Waals surface area contributed by atoms with E-state index in [4.69, 9.17) is 0 Å². The van der Waals surface area contributed by atoms with Crippen LogP contribution in [0.15, 0.2) is 24.3 Å². The number of aryl methyl sites for hydroxylation is 1. The molecule has 0 unspecified atom stereocenters. The van der Waals surface area contributed by atoms with Gasteiger partial charge in [0.05, 0.1) is 0 Å². The maximum atomic E-state index is 3.53. The van der Waals surface area contributed by atoms with Crippen molar-refractivity contribution in [3.8, 4) is 0 Å². The Balaban J connectivity index is 3.05. The first kappa shape index (κ1) is 12.2. The summed E-state index contributed by atoms with van der Waals surface area (Å²) < 4.78 is -0.300. The van der Waals surface area contributed by atoms with Crippen molar-refractivity contribution >= 4 is 63.7 Å². The van der Waals surface area contributed by atoms with Crippen LogP contribution in [0.5, 0.6) is 0 Å². The van der Waals surface area contributed by atoms with Gasteiger partial charge in [0.15, 0.2) is 2.14 Å². The van der Waals surface area contributed by atoms with Crippen molar-refractivity contribution in [3.63, 3.8) is 0 Å².